The van der Waals surface area contributed by atoms with Gasteiger partial charge in [-0.3, -0.25) is 4.99 Å². The summed E-state index contributed by atoms with van der Waals surface area (Å²) in [5.41, 5.74) is 2.49. The van der Waals surface area contributed by atoms with Crippen molar-refractivity contribution in [3.63, 3.8) is 0 Å². The van der Waals surface area contributed by atoms with Gasteiger partial charge in [-0.05, 0) is 23.8 Å². The number of hydrogen-bond acceptors (Lipinski definition) is 4. The van der Waals surface area contributed by atoms with Crippen LogP contribution in [0.2, 0.25) is 0 Å². The van der Waals surface area contributed by atoms with E-state index >= 15 is 0 Å². The third kappa shape index (κ3) is 5.57. The zero-order chi connectivity index (χ0) is 16.9. The Morgan fingerprint density at radius 1 is 1.28 bits per heavy atom. The maximum atomic E-state index is 4.57. The maximum absolute atomic E-state index is 4.57. The van der Waals surface area contributed by atoms with E-state index in [9.17, 15) is 0 Å². The summed E-state index contributed by atoms with van der Waals surface area (Å²) in [5.74, 6) is 2.23. The second-order valence-electron chi connectivity index (χ2n) is 6.34. The molecule has 1 fully saturated rings. The number of benzene rings is 1. The van der Waals surface area contributed by atoms with Gasteiger partial charge in [-0.2, -0.15) is 0 Å². The van der Waals surface area contributed by atoms with Crippen LogP contribution in [0.25, 0.3) is 0 Å². The van der Waals surface area contributed by atoms with Crippen LogP contribution in [0.4, 0.5) is 5.13 Å². The van der Waals surface area contributed by atoms with Gasteiger partial charge in [-0.15, -0.1) is 35.3 Å². The molecule has 5 nitrogen and oxygen atoms in total. The Labute approximate surface area is 171 Å². The molecule has 1 aliphatic carbocycles. The normalized spacial score (nSPS) is 19.1. The SMILES string of the molecule is CN=C(NCc1csc(N(C)C)n1)NCC1CC1c1ccccc1.I. The van der Waals surface area contributed by atoms with E-state index in [-0.39, 0.29) is 24.0 Å². The van der Waals surface area contributed by atoms with Crippen LogP contribution in [0, 0.1) is 5.92 Å². The predicted octanol–water partition coefficient (Wildman–Crippen LogP) is 3.30. The number of hydrogen-bond donors (Lipinski definition) is 2. The molecule has 2 N–H and O–H groups in total. The molecule has 0 saturated heterocycles. The Kier molecular flexibility index (Phi) is 7.49. The van der Waals surface area contributed by atoms with Crippen LogP contribution in [0.1, 0.15) is 23.6 Å². The molecule has 1 aromatic heterocycles. The first-order valence-electron chi connectivity index (χ1n) is 8.28. The van der Waals surface area contributed by atoms with E-state index in [1.54, 1.807) is 11.3 Å². The quantitative estimate of drug-likeness (QED) is 0.386. The van der Waals surface area contributed by atoms with Gasteiger partial charge in [0, 0.05) is 33.1 Å². The molecular weight excluding hydrogens is 445 g/mol. The molecule has 1 aliphatic rings. The van der Waals surface area contributed by atoms with Gasteiger partial charge in [0.2, 0.25) is 0 Å². The molecule has 1 aromatic carbocycles. The molecule has 2 aromatic rings. The van der Waals surface area contributed by atoms with Crippen LogP contribution in [-0.2, 0) is 6.54 Å². The Morgan fingerprint density at radius 2 is 2.04 bits per heavy atom. The lowest BCUT2D eigenvalue weighted by atomic mass is 10.1. The molecule has 1 saturated carbocycles. The highest BCUT2D eigenvalue weighted by molar-refractivity contribution is 14.0. The van der Waals surface area contributed by atoms with Crippen molar-refractivity contribution in [2.75, 3.05) is 32.6 Å². The molecule has 1 heterocycles. The maximum Gasteiger partial charge on any atom is 0.191 e. The van der Waals surface area contributed by atoms with Crippen molar-refractivity contribution in [1.29, 1.82) is 0 Å². The van der Waals surface area contributed by atoms with Crippen molar-refractivity contribution in [3.05, 3.63) is 47.0 Å². The molecule has 7 heteroatoms. The molecule has 136 valence electrons. The molecule has 3 rings (SSSR count). The summed E-state index contributed by atoms with van der Waals surface area (Å²) < 4.78 is 0. The van der Waals surface area contributed by atoms with Crippen LogP contribution in [0.3, 0.4) is 0 Å². The van der Waals surface area contributed by atoms with Crippen molar-refractivity contribution in [3.8, 4) is 0 Å². The average Bonchev–Trinajstić information content (AvgIpc) is 3.22. The summed E-state index contributed by atoms with van der Waals surface area (Å²) >= 11 is 1.66. The lowest BCUT2D eigenvalue weighted by Gasteiger charge is -2.11. The summed E-state index contributed by atoms with van der Waals surface area (Å²) in [6.07, 6.45) is 1.26. The smallest absolute Gasteiger partial charge is 0.191 e. The van der Waals surface area contributed by atoms with Crippen molar-refractivity contribution < 1.29 is 0 Å². The number of anilines is 1. The van der Waals surface area contributed by atoms with Crippen molar-refractivity contribution in [2.45, 2.75) is 18.9 Å². The van der Waals surface area contributed by atoms with Crippen LogP contribution in [-0.4, -0.2) is 38.6 Å². The topological polar surface area (TPSA) is 52.6 Å². The molecule has 0 amide bonds. The number of thiazole rings is 1. The monoisotopic (exact) mass is 471 g/mol. The minimum atomic E-state index is 0. The van der Waals surface area contributed by atoms with Gasteiger partial charge in [0.25, 0.3) is 0 Å². The van der Waals surface area contributed by atoms with Gasteiger partial charge in [0.1, 0.15) is 0 Å². The predicted molar refractivity (Wildman–Crippen MR) is 117 cm³/mol. The number of aromatic nitrogens is 1. The van der Waals surface area contributed by atoms with Gasteiger partial charge in [-0.1, -0.05) is 30.3 Å². The fourth-order valence-corrected chi connectivity index (χ4v) is 3.55. The number of nitrogens with zero attached hydrogens (tertiary/aromatic N) is 3. The standard InChI is InChI=1S/C18H25N5S.HI/c1-19-17(21-11-15-12-24-18(22-15)23(2)3)20-10-14-9-16(14)13-7-5-4-6-8-13;/h4-8,12,14,16H,9-11H2,1-3H3,(H2,19,20,21);1H. The number of rotatable bonds is 6. The summed E-state index contributed by atoms with van der Waals surface area (Å²) in [6.45, 7) is 1.65. The minimum Gasteiger partial charge on any atom is -0.356 e. The average molecular weight is 471 g/mol. The minimum absolute atomic E-state index is 0. The Hall–Kier alpha value is -1.35. The fraction of sp³-hybridized carbons (Fsp3) is 0.444. The van der Waals surface area contributed by atoms with Crippen molar-refractivity contribution >= 4 is 46.4 Å². The second-order valence-corrected chi connectivity index (χ2v) is 7.17. The number of halogens is 1. The first kappa shape index (κ1) is 20.0. The first-order chi connectivity index (χ1) is 11.7. The Bertz CT molecular complexity index is 686. The lowest BCUT2D eigenvalue weighted by Crippen LogP contribution is -2.38. The highest BCUT2D eigenvalue weighted by atomic mass is 127. The fourth-order valence-electron chi connectivity index (χ4n) is 2.79. The van der Waals surface area contributed by atoms with Gasteiger partial charge >= 0.3 is 0 Å². The number of guanidine groups is 1. The van der Waals surface area contributed by atoms with Crippen LogP contribution in [0.15, 0.2) is 40.7 Å². The highest BCUT2D eigenvalue weighted by Crippen LogP contribution is 2.46. The molecule has 0 spiro atoms. The van der Waals surface area contributed by atoms with E-state index in [4.69, 9.17) is 0 Å². The molecule has 0 radical (unpaired) electrons. The summed E-state index contributed by atoms with van der Waals surface area (Å²) in [5, 5.41) is 9.89. The molecule has 0 aliphatic heterocycles. The van der Waals surface area contributed by atoms with Crippen molar-refractivity contribution in [1.82, 2.24) is 15.6 Å². The largest absolute Gasteiger partial charge is 0.356 e. The number of nitrogens with one attached hydrogen (secondary N) is 2. The van der Waals surface area contributed by atoms with E-state index in [1.165, 1.54) is 12.0 Å². The number of aliphatic imine (C=N–C) groups is 1. The van der Waals surface area contributed by atoms with Gasteiger partial charge in [0.05, 0.1) is 12.2 Å². The lowest BCUT2D eigenvalue weighted by molar-refractivity contribution is 0.717. The van der Waals surface area contributed by atoms with Crippen LogP contribution >= 0.6 is 35.3 Å². The highest BCUT2D eigenvalue weighted by Gasteiger charge is 2.37. The molecule has 25 heavy (non-hydrogen) atoms. The molecular formula is C18H26IN5S. The van der Waals surface area contributed by atoms with Gasteiger partial charge < -0.3 is 15.5 Å². The van der Waals surface area contributed by atoms with E-state index < -0.39 is 0 Å². The molecule has 2 unspecified atom stereocenters. The zero-order valence-corrected chi connectivity index (χ0v) is 18.0. The van der Waals surface area contributed by atoms with E-state index in [0.29, 0.717) is 18.4 Å². The van der Waals surface area contributed by atoms with E-state index in [2.05, 4.69) is 56.3 Å². The molecule has 0 bridgehead atoms. The molecule has 2 atom stereocenters. The zero-order valence-electron chi connectivity index (χ0n) is 14.9. The summed E-state index contributed by atoms with van der Waals surface area (Å²) in [6, 6.07) is 10.8. The third-order valence-electron chi connectivity index (χ3n) is 4.26. The second kappa shape index (κ2) is 9.38. The Morgan fingerprint density at radius 3 is 2.68 bits per heavy atom. The van der Waals surface area contributed by atoms with Gasteiger partial charge in [-0.25, -0.2) is 4.98 Å². The van der Waals surface area contributed by atoms with E-state index in [0.717, 1.165) is 23.3 Å². The first-order valence-corrected chi connectivity index (χ1v) is 9.16. The van der Waals surface area contributed by atoms with E-state index in [1.807, 2.05) is 26.0 Å². The third-order valence-corrected chi connectivity index (χ3v) is 5.32. The van der Waals surface area contributed by atoms with Crippen LogP contribution in [0.5, 0.6) is 0 Å². The Balaban J connectivity index is 0.00000225. The summed E-state index contributed by atoms with van der Waals surface area (Å²) in [7, 11) is 5.83. The van der Waals surface area contributed by atoms with Gasteiger partial charge in [0.15, 0.2) is 11.1 Å². The van der Waals surface area contributed by atoms with Crippen LogP contribution < -0.4 is 15.5 Å². The van der Waals surface area contributed by atoms with Crippen molar-refractivity contribution in [2.24, 2.45) is 10.9 Å². The summed E-state index contributed by atoms with van der Waals surface area (Å²) in [4.78, 5) is 10.9.